The van der Waals surface area contributed by atoms with Gasteiger partial charge in [-0.2, -0.15) is 4.57 Å². The summed E-state index contributed by atoms with van der Waals surface area (Å²) in [5.74, 6) is 0.249. The summed E-state index contributed by atoms with van der Waals surface area (Å²) >= 11 is 1.65. The van der Waals surface area contributed by atoms with Crippen molar-refractivity contribution >= 4 is 35.5 Å². The predicted molar refractivity (Wildman–Crippen MR) is 94.3 cm³/mol. The predicted octanol–water partition coefficient (Wildman–Crippen LogP) is 0.0567. The first-order valence-electron chi connectivity index (χ1n) is 6.96. The van der Waals surface area contributed by atoms with Crippen molar-refractivity contribution < 1.29 is 39.1 Å². The minimum atomic E-state index is -0.968. The van der Waals surface area contributed by atoms with Crippen LogP contribution in [-0.2, 0) is 37.2 Å². The molecule has 2 aromatic rings. The minimum absolute atomic E-state index is 0. The number of anilines is 1. The van der Waals surface area contributed by atoms with Crippen LogP contribution in [0.2, 0.25) is 0 Å². The van der Waals surface area contributed by atoms with Crippen molar-refractivity contribution in [1.29, 1.82) is 0 Å². The molecule has 0 saturated carbocycles. The Kier molecular flexibility index (Phi) is 13.6. The van der Waals surface area contributed by atoms with Gasteiger partial charge in [-0.1, -0.05) is 11.3 Å². The van der Waals surface area contributed by atoms with Crippen molar-refractivity contribution in [3.05, 3.63) is 33.7 Å². The largest absolute Gasteiger partial charge is 2.00 e. The van der Waals surface area contributed by atoms with Crippen LogP contribution in [-0.4, -0.2) is 39.3 Å². The van der Waals surface area contributed by atoms with Crippen LogP contribution in [0.1, 0.15) is 22.0 Å². The van der Waals surface area contributed by atoms with E-state index in [1.807, 2.05) is 19.4 Å². The Balaban J connectivity index is 0. The Bertz CT molecular complexity index is 672. The molecule has 2 heterocycles. The molecule has 2 rings (SSSR count). The molecule has 11 heteroatoms. The summed E-state index contributed by atoms with van der Waals surface area (Å²) in [6.07, 6.45) is 2.47. The number of rotatable bonds is 5. The van der Waals surface area contributed by atoms with Crippen molar-refractivity contribution in [1.82, 2.24) is 9.97 Å². The SMILES string of the molecule is Cc1ncc(C[n+]2csc(CCO)c2C)c(N)n1.Cl.NCC(=O)O.[Zn+2]. The summed E-state index contributed by atoms with van der Waals surface area (Å²) in [6, 6.07) is 0. The number of hydrogen-bond donors (Lipinski definition) is 4. The van der Waals surface area contributed by atoms with Crippen LogP contribution in [0.4, 0.5) is 5.82 Å². The maximum absolute atomic E-state index is 9.24. The van der Waals surface area contributed by atoms with Crippen molar-refractivity contribution in [2.24, 2.45) is 5.73 Å². The number of carbonyl (C=O) groups is 1. The average molecular weight is 442 g/mol. The zero-order chi connectivity index (χ0) is 17.4. The molecule has 0 bridgehead atoms. The Hall–Kier alpha value is -1.19. The van der Waals surface area contributed by atoms with E-state index in [0.29, 0.717) is 24.6 Å². The fourth-order valence-corrected chi connectivity index (χ4v) is 2.75. The molecule has 0 amide bonds. The van der Waals surface area contributed by atoms with Gasteiger partial charge in [-0.25, -0.2) is 9.97 Å². The summed E-state index contributed by atoms with van der Waals surface area (Å²) in [6.45, 7) is 4.44. The first-order chi connectivity index (χ1) is 10.9. The van der Waals surface area contributed by atoms with Crippen LogP contribution in [0.15, 0.2) is 11.7 Å². The van der Waals surface area contributed by atoms with E-state index in [0.717, 1.165) is 11.3 Å². The number of aryl methyl sites for hydroxylation is 1. The molecule has 6 N–H and O–H groups in total. The monoisotopic (exact) mass is 440 g/mol. The number of hydrogen-bond acceptors (Lipinski definition) is 7. The maximum atomic E-state index is 9.24. The summed E-state index contributed by atoms with van der Waals surface area (Å²) in [5, 5.41) is 16.6. The summed E-state index contributed by atoms with van der Waals surface area (Å²) < 4.78 is 2.11. The zero-order valence-electron chi connectivity index (χ0n) is 14.3. The molecular formula is C14H23ClN5O3SZn+3. The van der Waals surface area contributed by atoms with Crippen molar-refractivity contribution in [2.75, 3.05) is 18.9 Å². The molecule has 0 unspecified atom stereocenters. The standard InChI is InChI=1S/C12H17N4OS.C2H5NO2.ClH.Zn/c1-8-11(3-4-17)18-7-16(8)6-10-5-14-9(2)15-12(10)13;3-1-2(4)5;;/h5,7,17H,3-4,6H2,1-2H3,(H2,13,14,15);1,3H2,(H,4,5);1H;/q+1;;;+2. The second kappa shape index (κ2) is 13.1. The molecule has 2 aromatic heterocycles. The van der Waals surface area contributed by atoms with Gasteiger partial charge in [0.05, 0.1) is 17.0 Å². The quantitative estimate of drug-likeness (QED) is 0.379. The Morgan fingerprint density at radius 1 is 1.40 bits per heavy atom. The number of halogens is 1. The third-order valence-electron chi connectivity index (χ3n) is 3.03. The molecule has 0 aliphatic rings. The van der Waals surface area contributed by atoms with E-state index in [1.165, 1.54) is 4.88 Å². The van der Waals surface area contributed by atoms with E-state index < -0.39 is 5.97 Å². The summed E-state index contributed by atoms with van der Waals surface area (Å²) in [5.41, 5.74) is 14.6. The fraction of sp³-hybridized carbons (Fsp3) is 0.429. The van der Waals surface area contributed by atoms with Gasteiger partial charge in [-0.05, 0) is 6.92 Å². The normalized spacial score (nSPS) is 9.28. The van der Waals surface area contributed by atoms with Gasteiger partial charge in [0, 0.05) is 26.1 Å². The van der Waals surface area contributed by atoms with Gasteiger partial charge in [0.2, 0.25) is 5.51 Å². The summed E-state index contributed by atoms with van der Waals surface area (Å²) in [7, 11) is 0. The van der Waals surface area contributed by atoms with E-state index in [9.17, 15) is 4.79 Å². The summed E-state index contributed by atoms with van der Waals surface area (Å²) in [4.78, 5) is 18.8. The molecule has 0 aromatic carbocycles. The first-order valence-corrected chi connectivity index (χ1v) is 7.84. The van der Waals surface area contributed by atoms with Gasteiger partial charge in [-0.15, -0.1) is 12.4 Å². The van der Waals surface area contributed by atoms with E-state index >= 15 is 0 Å². The zero-order valence-corrected chi connectivity index (χ0v) is 18.9. The van der Waals surface area contributed by atoms with E-state index in [4.69, 9.17) is 15.9 Å². The van der Waals surface area contributed by atoms with Crippen LogP contribution in [0.25, 0.3) is 0 Å². The van der Waals surface area contributed by atoms with E-state index in [2.05, 4.69) is 20.3 Å². The van der Waals surface area contributed by atoms with Gasteiger partial charge in [-0.3, -0.25) is 4.79 Å². The van der Waals surface area contributed by atoms with Crippen molar-refractivity contribution in [3.8, 4) is 0 Å². The van der Waals surface area contributed by atoms with Crippen LogP contribution < -0.4 is 16.0 Å². The second-order valence-corrected chi connectivity index (χ2v) is 5.70. The number of thiazole rings is 1. The van der Waals surface area contributed by atoms with Gasteiger partial charge in [0.15, 0.2) is 12.2 Å². The Morgan fingerprint density at radius 2 is 2.00 bits per heavy atom. The molecular weight excluding hydrogens is 419 g/mol. The third-order valence-corrected chi connectivity index (χ3v) is 4.17. The third kappa shape index (κ3) is 8.64. The minimum Gasteiger partial charge on any atom is -0.480 e. The molecule has 0 saturated heterocycles. The Labute approximate surface area is 169 Å². The number of aliphatic hydroxyl groups excluding tert-OH is 1. The number of nitrogens with two attached hydrogens (primary N) is 2. The van der Waals surface area contributed by atoms with Gasteiger partial charge >= 0.3 is 25.4 Å². The number of carboxylic acids is 1. The van der Waals surface area contributed by atoms with Gasteiger partial charge in [0.1, 0.15) is 11.6 Å². The van der Waals surface area contributed by atoms with E-state index in [-0.39, 0.29) is 45.0 Å². The van der Waals surface area contributed by atoms with Crippen LogP contribution >= 0.6 is 23.7 Å². The molecule has 0 fully saturated rings. The molecule has 0 spiro atoms. The fourth-order valence-electron chi connectivity index (χ4n) is 1.77. The Morgan fingerprint density at radius 3 is 2.48 bits per heavy atom. The second-order valence-electron chi connectivity index (χ2n) is 4.76. The number of aromatic nitrogens is 3. The van der Waals surface area contributed by atoms with Crippen molar-refractivity contribution in [2.45, 2.75) is 26.8 Å². The molecule has 0 atom stereocenters. The molecule has 0 radical (unpaired) electrons. The number of nitrogens with zero attached hydrogens (tertiary/aromatic N) is 3. The van der Waals surface area contributed by atoms with Gasteiger partial charge in [0.25, 0.3) is 0 Å². The first kappa shape index (κ1) is 26.0. The molecule has 134 valence electrons. The molecule has 8 nitrogen and oxygen atoms in total. The van der Waals surface area contributed by atoms with Crippen LogP contribution in [0.3, 0.4) is 0 Å². The van der Waals surface area contributed by atoms with Crippen LogP contribution in [0.5, 0.6) is 0 Å². The smallest absolute Gasteiger partial charge is 0.480 e. The van der Waals surface area contributed by atoms with Crippen LogP contribution in [0, 0.1) is 13.8 Å². The number of nitrogen functional groups attached to an aromatic ring is 1. The van der Waals surface area contributed by atoms with Crippen molar-refractivity contribution in [3.63, 3.8) is 0 Å². The number of aliphatic carboxylic acids is 1. The van der Waals surface area contributed by atoms with E-state index in [1.54, 1.807) is 17.5 Å². The van der Waals surface area contributed by atoms with Gasteiger partial charge < -0.3 is 21.7 Å². The molecule has 0 aliphatic carbocycles. The maximum Gasteiger partial charge on any atom is 2.00 e. The number of aliphatic hydroxyl groups is 1. The average Bonchev–Trinajstić information content (AvgIpc) is 2.84. The molecule has 25 heavy (non-hydrogen) atoms. The molecule has 0 aliphatic heterocycles. The number of carboxylic acid groups (broad SMARTS) is 1. The topological polar surface area (TPSA) is 139 Å².